The van der Waals surface area contributed by atoms with Gasteiger partial charge in [0.05, 0.1) is 19.1 Å². The molecule has 2 heterocycles. The van der Waals surface area contributed by atoms with Gasteiger partial charge in [-0.1, -0.05) is 0 Å². The molecule has 92 valence electrons. The Kier molecular flexibility index (Phi) is 3.71. The highest BCUT2D eigenvalue weighted by atomic mass is 16.5. The molecule has 1 atom stereocenters. The van der Waals surface area contributed by atoms with E-state index in [1.807, 2.05) is 6.07 Å². The molecule has 1 fully saturated rings. The molecular formula is C11H17N5O. The van der Waals surface area contributed by atoms with E-state index >= 15 is 0 Å². The maximum Gasteiger partial charge on any atom is 0.180 e. The molecule has 1 saturated heterocycles. The second-order valence-corrected chi connectivity index (χ2v) is 4.42. The van der Waals surface area contributed by atoms with Crippen LogP contribution in [-0.2, 0) is 11.2 Å². The summed E-state index contributed by atoms with van der Waals surface area (Å²) in [5.41, 5.74) is 0. The second kappa shape index (κ2) is 5.25. The van der Waals surface area contributed by atoms with Crippen LogP contribution in [0.2, 0.25) is 0 Å². The van der Waals surface area contributed by atoms with Gasteiger partial charge in [0.25, 0.3) is 0 Å². The Balaban J connectivity index is 2.03. The highest BCUT2D eigenvalue weighted by Gasteiger charge is 2.26. The van der Waals surface area contributed by atoms with Gasteiger partial charge in [-0.05, 0) is 13.8 Å². The number of hydrogen-bond acceptors (Lipinski definition) is 5. The highest BCUT2D eigenvalue weighted by Crippen LogP contribution is 2.20. The summed E-state index contributed by atoms with van der Waals surface area (Å²) in [4.78, 5) is 6.62. The minimum Gasteiger partial charge on any atom is -0.367 e. The minimum atomic E-state index is -0.0881. The first-order valence-electron chi connectivity index (χ1n) is 5.84. The van der Waals surface area contributed by atoms with Gasteiger partial charge >= 0.3 is 0 Å². The zero-order chi connectivity index (χ0) is 12.3. The standard InChI is InChI=1S/C11H17N5O/c1-8(2)16-5-6-17-9(7-16)11-13-10(3-4-12)14-15-11/h8-9H,3,5-7H2,1-2H3,(H,13,14,15). The van der Waals surface area contributed by atoms with Crippen molar-refractivity contribution in [1.82, 2.24) is 20.1 Å². The van der Waals surface area contributed by atoms with Gasteiger partial charge in [-0.15, -0.1) is 0 Å². The van der Waals surface area contributed by atoms with E-state index in [4.69, 9.17) is 10.00 Å². The van der Waals surface area contributed by atoms with E-state index in [0.717, 1.165) is 13.1 Å². The average Bonchev–Trinajstić information content (AvgIpc) is 2.78. The van der Waals surface area contributed by atoms with Crippen LogP contribution in [0.3, 0.4) is 0 Å². The number of hydrogen-bond donors (Lipinski definition) is 1. The van der Waals surface area contributed by atoms with Crippen molar-refractivity contribution in [3.05, 3.63) is 11.6 Å². The van der Waals surface area contributed by atoms with Crippen LogP contribution in [-0.4, -0.2) is 45.8 Å². The van der Waals surface area contributed by atoms with Crippen molar-refractivity contribution in [2.24, 2.45) is 0 Å². The molecule has 17 heavy (non-hydrogen) atoms. The first kappa shape index (κ1) is 12.0. The predicted octanol–water partition coefficient (Wildman–Crippen LogP) is 0.652. The van der Waals surface area contributed by atoms with Crippen molar-refractivity contribution < 1.29 is 4.74 Å². The Morgan fingerprint density at radius 3 is 3.18 bits per heavy atom. The lowest BCUT2D eigenvalue weighted by Crippen LogP contribution is -2.42. The summed E-state index contributed by atoms with van der Waals surface area (Å²) in [7, 11) is 0. The van der Waals surface area contributed by atoms with Crippen LogP contribution in [0.25, 0.3) is 0 Å². The Labute approximate surface area is 101 Å². The fourth-order valence-electron chi connectivity index (χ4n) is 1.90. The van der Waals surface area contributed by atoms with Gasteiger partial charge in [0.1, 0.15) is 11.9 Å². The molecule has 0 radical (unpaired) electrons. The van der Waals surface area contributed by atoms with Gasteiger partial charge in [0.15, 0.2) is 5.82 Å². The van der Waals surface area contributed by atoms with Crippen molar-refractivity contribution in [3.8, 4) is 6.07 Å². The van der Waals surface area contributed by atoms with Crippen LogP contribution in [0.15, 0.2) is 0 Å². The quantitative estimate of drug-likeness (QED) is 0.832. The Morgan fingerprint density at radius 2 is 2.47 bits per heavy atom. The predicted molar refractivity (Wildman–Crippen MR) is 61.1 cm³/mol. The molecule has 0 saturated carbocycles. The third-order valence-corrected chi connectivity index (χ3v) is 2.91. The lowest BCUT2D eigenvalue weighted by atomic mass is 10.2. The molecule has 1 aliphatic heterocycles. The van der Waals surface area contributed by atoms with E-state index in [1.165, 1.54) is 0 Å². The van der Waals surface area contributed by atoms with E-state index in [1.54, 1.807) is 0 Å². The smallest absolute Gasteiger partial charge is 0.180 e. The third kappa shape index (κ3) is 2.81. The number of aromatic amines is 1. The SMILES string of the molecule is CC(C)N1CCOC(c2n[nH]c(CC#N)n2)C1. The molecule has 2 rings (SSSR count). The Hall–Kier alpha value is -1.45. The molecule has 1 aliphatic rings. The number of morpholine rings is 1. The van der Waals surface area contributed by atoms with Gasteiger partial charge in [0.2, 0.25) is 0 Å². The molecule has 0 spiro atoms. The van der Waals surface area contributed by atoms with Gasteiger partial charge in [-0.3, -0.25) is 10.00 Å². The van der Waals surface area contributed by atoms with Gasteiger partial charge in [0, 0.05) is 19.1 Å². The molecule has 1 N–H and O–H groups in total. The van der Waals surface area contributed by atoms with E-state index in [0.29, 0.717) is 24.3 Å². The Morgan fingerprint density at radius 1 is 1.65 bits per heavy atom. The summed E-state index contributed by atoms with van der Waals surface area (Å²) in [6.45, 7) is 6.79. The molecule has 0 aliphatic carbocycles. The number of rotatable bonds is 3. The normalized spacial score (nSPS) is 21.6. The lowest BCUT2D eigenvalue weighted by molar-refractivity contribution is -0.0441. The zero-order valence-corrected chi connectivity index (χ0v) is 10.2. The molecule has 1 aromatic rings. The molecular weight excluding hydrogens is 218 g/mol. The minimum absolute atomic E-state index is 0.0881. The van der Waals surface area contributed by atoms with Crippen LogP contribution in [0.4, 0.5) is 0 Å². The lowest BCUT2D eigenvalue weighted by Gasteiger charge is -2.34. The number of nitrogens with one attached hydrogen (secondary N) is 1. The molecule has 0 amide bonds. The number of aromatic nitrogens is 3. The van der Waals surface area contributed by atoms with E-state index in [2.05, 4.69) is 33.9 Å². The van der Waals surface area contributed by atoms with Crippen molar-refractivity contribution >= 4 is 0 Å². The molecule has 0 bridgehead atoms. The topological polar surface area (TPSA) is 77.8 Å². The van der Waals surface area contributed by atoms with Crippen molar-refractivity contribution in [2.75, 3.05) is 19.7 Å². The average molecular weight is 235 g/mol. The van der Waals surface area contributed by atoms with E-state index in [-0.39, 0.29) is 12.5 Å². The van der Waals surface area contributed by atoms with Gasteiger partial charge in [-0.25, -0.2) is 4.98 Å². The van der Waals surface area contributed by atoms with Crippen LogP contribution in [0.1, 0.15) is 31.6 Å². The van der Waals surface area contributed by atoms with Crippen LogP contribution < -0.4 is 0 Å². The monoisotopic (exact) mass is 235 g/mol. The largest absolute Gasteiger partial charge is 0.367 e. The van der Waals surface area contributed by atoms with Crippen LogP contribution in [0, 0.1) is 11.3 Å². The zero-order valence-electron chi connectivity index (χ0n) is 10.2. The summed E-state index contributed by atoms with van der Waals surface area (Å²) >= 11 is 0. The molecule has 6 heteroatoms. The fourth-order valence-corrected chi connectivity index (χ4v) is 1.90. The third-order valence-electron chi connectivity index (χ3n) is 2.91. The summed E-state index contributed by atoms with van der Waals surface area (Å²) in [5.74, 6) is 1.26. The summed E-state index contributed by atoms with van der Waals surface area (Å²) < 4.78 is 5.67. The van der Waals surface area contributed by atoms with Gasteiger partial charge < -0.3 is 4.74 Å². The Bertz CT molecular complexity index is 408. The van der Waals surface area contributed by atoms with Crippen molar-refractivity contribution in [1.29, 1.82) is 5.26 Å². The van der Waals surface area contributed by atoms with Crippen molar-refractivity contribution in [2.45, 2.75) is 32.4 Å². The molecule has 1 aromatic heterocycles. The first-order chi connectivity index (χ1) is 8.20. The molecule has 0 aromatic carbocycles. The highest BCUT2D eigenvalue weighted by molar-refractivity contribution is 5.00. The van der Waals surface area contributed by atoms with Crippen LogP contribution >= 0.6 is 0 Å². The number of H-pyrrole nitrogens is 1. The second-order valence-electron chi connectivity index (χ2n) is 4.42. The van der Waals surface area contributed by atoms with Crippen LogP contribution in [0.5, 0.6) is 0 Å². The number of nitriles is 1. The first-order valence-corrected chi connectivity index (χ1v) is 5.84. The summed E-state index contributed by atoms with van der Waals surface area (Å²) in [5, 5.41) is 15.5. The number of nitrogens with zero attached hydrogens (tertiary/aromatic N) is 4. The molecule has 6 nitrogen and oxygen atoms in total. The van der Waals surface area contributed by atoms with Crippen molar-refractivity contribution in [3.63, 3.8) is 0 Å². The van der Waals surface area contributed by atoms with E-state index < -0.39 is 0 Å². The maximum atomic E-state index is 8.58. The van der Waals surface area contributed by atoms with Gasteiger partial charge in [-0.2, -0.15) is 10.4 Å². The number of ether oxygens (including phenoxy) is 1. The maximum absolute atomic E-state index is 8.58. The fraction of sp³-hybridized carbons (Fsp3) is 0.727. The van der Waals surface area contributed by atoms with E-state index in [9.17, 15) is 0 Å². The summed E-state index contributed by atoms with van der Waals surface area (Å²) in [6, 6.07) is 2.54. The molecule has 1 unspecified atom stereocenters. The summed E-state index contributed by atoms with van der Waals surface area (Å²) in [6.07, 6.45) is 0.169.